The lowest BCUT2D eigenvalue weighted by molar-refractivity contribution is -0.274. The molecule has 0 atom stereocenters. The molecule has 0 saturated carbocycles. The van der Waals surface area contributed by atoms with Crippen molar-refractivity contribution in [3.8, 4) is 11.6 Å². The van der Waals surface area contributed by atoms with Gasteiger partial charge in [0.2, 0.25) is 0 Å². The Morgan fingerprint density at radius 3 is 2.15 bits per heavy atom. The van der Waals surface area contributed by atoms with Gasteiger partial charge in [0.1, 0.15) is 5.75 Å². The van der Waals surface area contributed by atoms with Crippen LogP contribution < -0.4 is 15.4 Å². The van der Waals surface area contributed by atoms with Crippen molar-refractivity contribution in [1.82, 2.24) is 20.0 Å². The van der Waals surface area contributed by atoms with E-state index < -0.39 is 18.0 Å². The number of carbonyl (C=O) groups is 1. The summed E-state index contributed by atoms with van der Waals surface area (Å²) in [5.41, 5.74) is 3.27. The molecule has 11 heteroatoms. The largest absolute Gasteiger partial charge is 0.573 e. The number of amides is 1. The third-order valence-corrected chi connectivity index (χ3v) is 4.64. The Morgan fingerprint density at radius 1 is 0.912 bits per heavy atom. The van der Waals surface area contributed by atoms with E-state index >= 15 is 0 Å². The van der Waals surface area contributed by atoms with Crippen molar-refractivity contribution < 1.29 is 22.7 Å². The van der Waals surface area contributed by atoms with Gasteiger partial charge < -0.3 is 15.4 Å². The number of benzene rings is 2. The maximum Gasteiger partial charge on any atom is 0.573 e. The molecule has 1 amide bonds. The maximum absolute atomic E-state index is 12.3. The summed E-state index contributed by atoms with van der Waals surface area (Å²) in [5, 5.41) is 18.5. The molecule has 0 unspecified atom stereocenters. The summed E-state index contributed by atoms with van der Waals surface area (Å²) < 4.78 is 42.2. The normalized spacial score (nSPS) is 11.2. The fraction of sp³-hybridized carbons (Fsp3) is 0.130. The third-order valence-electron chi connectivity index (χ3n) is 4.64. The average molecular weight is 468 g/mol. The van der Waals surface area contributed by atoms with Crippen LogP contribution in [0, 0.1) is 13.8 Å². The van der Waals surface area contributed by atoms with E-state index in [1.54, 1.807) is 41.1 Å². The van der Waals surface area contributed by atoms with Crippen LogP contribution in [0.1, 0.15) is 21.7 Å². The molecule has 0 bridgehead atoms. The highest BCUT2D eigenvalue weighted by atomic mass is 19.4. The van der Waals surface area contributed by atoms with Crippen LogP contribution in [-0.4, -0.2) is 32.2 Å². The summed E-state index contributed by atoms with van der Waals surface area (Å²) in [5.74, 6) is 0.269. The van der Waals surface area contributed by atoms with Crippen LogP contribution in [0.2, 0.25) is 0 Å². The van der Waals surface area contributed by atoms with Gasteiger partial charge in [0.15, 0.2) is 11.6 Å². The highest BCUT2D eigenvalue weighted by Gasteiger charge is 2.31. The smallest absolute Gasteiger partial charge is 0.406 e. The van der Waals surface area contributed by atoms with Crippen molar-refractivity contribution in [2.75, 3.05) is 10.6 Å². The number of carbonyl (C=O) groups excluding carboxylic acids is 1. The number of hydrogen-bond acceptors (Lipinski definition) is 6. The van der Waals surface area contributed by atoms with Gasteiger partial charge in [-0.15, -0.1) is 23.4 Å². The molecule has 0 saturated heterocycles. The van der Waals surface area contributed by atoms with Crippen molar-refractivity contribution in [3.63, 3.8) is 0 Å². The van der Waals surface area contributed by atoms with Crippen LogP contribution in [-0.2, 0) is 0 Å². The van der Waals surface area contributed by atoms with E-state index in [0.717, 1.165) is 29.2 Å². The van der Waals surface area contributed by atoms with E-state index in [1.165, 1.54) is 12.1 Å². The molecule has 0 fully saturated rings. The minimum atomic E-state index is -4.79. The maximum atomic E-state index is 12.3. The van der Waals surface area contributed by atoms with E-state index in [2.05, 4.69) is 30.7 Å². The molecule has 34 heavy (non-hydrogen) atoms. The van der Waals surface area contributed by atoms with Gasteiger partial charge >= 0.3 is 6.36 Å². The summed E-state index contributed by atoms with van der Waals surface area (Å²) in [4.78, 5) is 12.3. The first kappa shape index (κ1) is 22.8. The third kappa shape index (κ3) is 5.68. The first-order valence-electron chi connectivity index (χ1n) is 10.1. The minimum Gasteiger partial charge on any atom is -0.406 e. The van der Waals surface area contributed by atoms with Crippen molar-refractivity contribution in [2.45, 2.75) is 20.2 Å². The summed E-state index contributed by atoms with van der Waals surface area (Å²) >= 11 is 0. The first-order valence-corrected chi connectivity index (χ1v) is 10.1. The summed E-state index contributed by atoms with van der Waals surface area (Å²) in [6.45, 7) is 3.84. The monoisotopic (exact) mass is 468 g/mol. The minimum absolute atomic E-state index is 0.190. The average Bonchev–Trinajstić information content (AvgIpc) is 3.13. The van der Waals surface area contributed by atoms with Gasteiger partial charge in [-0.2, -0.15) is 5.10 Å². The van der Waals surface area contributed by atoms with Crippen LogP contribution in [0.5, 0.6) is 5.75 Å². The number of aryl methyl sites for hydroxylation is 2. The van der Waals surface area contributed by atoms with Crippen molar-refractivity contribution >= 4 is 23.1 Å². The fourth-order valence-electron chi connectivity index (χ4n) is 3.16. The van der Waals surface area contributed by atoms with Crippen molar-refractivity contribution in [2.24, 2.45) is 0 Å². The van der Waals surface area contributed by atoms with E-state index in [9.17, 15) is 18.0 Å². The Kier molecular flexibility index (Phi) is 6.17. The van der Waals surface area contributed by atoms with Gasteiger partial charge in [-0.05, 0) is 80.6 Å². The number of nitrogens with one attached hydrogen (secondary N) is 2. The molecule has 174 valence electrons. The predicted molar refractivity (Wildman–Crippen MR) is 119 cm³/mol. The molecular formula is C23H19F3N6O2. The quantitative estimate of drug-likeness (QED) is 0.405. The molecule has 0 aliphatic heterocycles. The lowest BCUT2D eigenvalue weighted by Gasteiger charge is -2.10. The Bertz CT molecular complexity index is 1280. The molecule has 8 nitrogen and oxygen atoms in total. The molecule has 4 aromatic rings. The van der Waals surface area contributed by atoms with Crippen LogP contribution in [0.15, 0.2) is 66.7 Å². The molecule has 2 heterocycles. The standard InChI is InChI=1S/C23H19F3N6O2/c1-14-13-15(2)32(31-14)21-12-11-20(29-30-21)27-17-5-7-18(8-6-17)28-22(33)16-3-9-19(10-4-16)34-23(24,25)26/h3-13H,1-2H3,(H,27,29)(H,28,33). The van der Waals surface area contributed by atoms with Crippen LogP contribution >= 0.6 is 0 Å². The molecular weight excluding hydrogens is 449 g/mol. The van der Waals surface area contributed by atoms with Gasteiger partial charge in [0.25, 0.3) is 5.91 Å². The Hall–Kier alpha value is -4.41. The molecule has 0 radical (unpaired) electrons. The van der Waals surface area contributed by atoms with E-state index in [-0.39, 0.29) is 5.56 Å². The first-order chi connectivity index (χ1) is 16.2. The Labute approximate surface area is 192 Å². The van der Waals surface area contributed by atoms with Crippen LogP contribution in [0.3, 0.4) is 0 Å². The molecule has 2 aromatic heterocycles. The van der Waals surface area contributed by atoms with Gasteiger partial charge in [-0.25, -0.2) is 4.68 Å². The number of nitrogens with zero attached hydrogens (tertiary/aromatic N) is 4. The molecule has 4 rings (SSSR count). The number of ether oxygens (including phenoxy) is 1. The summed E-state index contributed by atoms with van der Waals surface area (Å²) in [6, 6.07) is 17.0. The lowest BCUT2D eigenvalue weighted by atomic mass is 10.2. The Balaban J connectivity index is 1.36. The van der Waals surface area contributed by atoms with Gasteiger partial charge in [0.05, 0.1) is 5.69 Å². The second-order valence-electron chi connectivity index (χ2n) is 7.34. The molecule has 0 spiro atoms. The van der Waals surface area contributed by atoms with E-state index in [1.807, 2.05) is 19.9 Å². The lowest BCUT2D eigenvalue weighted by Crippen LogP contribution is -2.17. The molecule has 0 aliphatic carbocycles. The highest BCUT2D eigenvalue weighted by Crippen LogP contribution is 2.23. The van der Waals surface area contributed by atoms with E-state index in [4.69, 9.17) is 0 Å². The zero-order valence-corrected chi connectivity index (χ0v) is 18.1. The SMILES string of the molecule is Cc1cc(C)n(-c2ccc(Nc3ccc(NC(=O)c4ccc(OC(F)(F)F)cc4)cc3)nn2)n1. The zero-order chi connectivity index (χ0) is 24.3. The van der Waals surface area contributed by atoms with Gasteiger partial charge in [-0.3, -0.25) is 4.79 Å². The van der Waals surface area contributed by atoms with Crippen LogP contribution in [0.25, 0.3) is 5.82 Å². The molecule has 0 aliphatic rings. The van der Waals surface area contributed by atoms with Crippen molar-refractivity contribution in [1.29, 1.82) is 0 Å². The summed E-state index contributed by atoms with van der Waals surface area (Å²) in [6.07, 6.45) is -4.79. The number of hydrogen-bond donors (Lipinski definition) is 2. The topological polar surface area (TPSA) is 94.0 Å². The number of alkyl halides is 3. The van der Waals surface area contributed by atoms with Crippen LogP contribution in [0.4, 0.5) is 30.4 Å². The van der Waals surface area contributed by atoms with Gasteiger partial charge in [-0.1, -0.05) is 0 Å². The fourth-order valence-corrected chi connectivity index (χ4v) is 3.16. The Morgan fingerprint density at radius 2 is 1.59 bits per heavy atom. The predicted octanol–water partition coefficient (Wildman–Crippen LogP) is 5.17. The summed E-state index contributed by atoms with van der Waals surface area (Å²) in [7, 11) is 0. The molecule has 2 aromatic carbocycles. The highest BCUT2D eigenvalue weighted by molar-refractivity contribution is 6.04. The van der Waals surface area contributed by atoms with Gasteiger partial charge in [0, 0.05) is 22.6 Å². The zero-order valence-electron chi connectivity index (χ0n) is 18.1. The second kappa shape index (κ2) is 9.22. The number of rotatable bonds is 6. The second-order valence-corrected chi connectivity index (χ2v) is 7.34. The van der Waals surface area contributed by atoms with E-state index in [0.29, 0.717) is 17.3 Å². The van der Waals surface area contributed by atoms with Crippen molar-refractivity contribution in [3.05, 3.63) is 83.7 Å². The molecule has 2 N–H and O–H groups in total. The number of halogens is 3. The number of aromatic nitrogens is 4. The number of anilines is 3.